The van der Waals surface area contributed by atoms with E-state index in [1.165, 1.54) is 5.56 Å². The van der Waals surface area contributed by atoms with Gasteiger partial charge >= 0.3 is 6.03 Å². The summed E-state index contributed by atoms with van der Waals surface area (Å²) in [5, 5.41) is 6.11. The van der Waals surface area contributed by atoms with Crippen LogP contribution in [0.4, 0.5) is 4.79 Å². The summed E-state index contributed by atoms with van der Waals surface area (Å²) < 4.78 is 7.40. The van der Waals surface area contributed by atoms with E-state index in [2.05, 4.69) is 27.8 Å². The number of imidazole rings is 1. The van der Waals surface area contributed by atoms with Crippen molar-refractivity contribution in [1.29, 1.82) is 0 Å². The maximum atomic E-state index is 12.8. The summed E-state index contributed by atoms with van der Waals surface area (Å²) in [6.07, 6.45) is 5.36. The van der Waals surface area contributed by atoms with Gasteiger partial charge in [-0.05, 0) is 31.4 Å². The van der Waals surface area contributed by atoms with Crippen LogP contribution in [0.25, 0.3) is 0 Å². The van der Waals surface area contributed by atoms with E-state index in [0.29, 0.717) is 5.75 Å². The molecule has 0 saturated heterocycles. The lowest BCUT2D eigenvalue weighted by Crippen LogP contribution is -2.43. The largest absolute Gasteiger partial charge is 0.496 e. The second-order valence-corrected chi connectivity index (χ2v) is 7.11. The van der Waals surface area contributed by atoms with E-state index < -0.39 is 6.04 Å². The van der Waals surface area contributed by atoms with Gasteiger partial charge in [0.15, 0.2) is 0 Å². The molecular formula is C23H28N4O2. The molecule has 2 amide bonds. The number of urea groups is 1. The first kappa shape index (κ1) is 20.5. The fourth-order valence-corrected chi connectivity index (χ4v) is 3.34. The van der Waals surface area contributed by atoms with Gasteiger partial charge in [-0.15, -0.1) is 0 Å². The highest BCUT2D eigenvalue weighted by Gasteiger charge is 2.24. The van der Waals surface area contributed by atoms with Gasteiger partial charge in [0.05, 0.1) is 7.11 Å². The highest BCUT2D eigenvalue weighted by Crippen LogP contribution is 2.28. The summed E-state index contributed by atoms with van der Waals surface area (Å²) in [4.78, 5) is 17.2. The normalized spacial score (nSPS) is 12.8. The minimum atomic E-state index is -0.424. The Morgan fingerprint density at radius 1 is 1.10 bits per heavy atom. The van der Waals surface area contributed by atoms with Gasteiger partial charge in [0.1, 0.15) is 17.6 Å². The Bertz CT molecular complexity index is 923. The Kier molecular flexibility index (Phi) is 6.89. The van der Waals surface area contributed by atoms with Gasteiger partial charge in [-0.1, -0.05) is 48.5 Å². The third kappa shape index (κ3) is 5.38. The van der Waals surface area contributed by atoms with Crippen LogP contribution in [0.3, 0.4) is 0 Å². The summed E-state index contributed by atoms with van der Waals surface area (Å²) in [5.41, 5.74) is 2.12. The van der Waals surface area contributed by atoms with Gasteiger partial charge in [-0.3, -0.25) is 0 Å². The number of hydrogen-bond acceptors (Lipinski definition) is 3. The summed E-state index contributed by atoms with van der Waals surface area (Å²) in [7, 11) is 3.53. The zero-order chi connectivity index (χ0) is 20.6. The van der Waals surface area contributed by atoms with Gasteiger partial charge < -0.3 is 19.9 Å². The van der Waals surface area contributed by atoms with Crippen LogP contribution in [0.15, 0.2) is 67.0 Å². The number of aryl methyl sites for hydroxylation is 2. The molecule has 1 aromatic heterocycles. The molecule has 2 aromatic carbocycles. The van der Waals surface area contributed by atoms with Crippen molar-refractivity contribution in [3.63, 3.8) is 0 Å². The second-order valence-electron chi connectivity index (χ2n) is 7.11. The molecule has 29 heavy (non-hydrogen) atoms. The first-order valence-corrected chi connectivity index (χ1v) is 9.79. The van der Waals surface area contributed by atoms with Crippen molar-refractivity contribution in [1.82, 2.24) is 20.2 Å². The number of aromatic nitrogens is 2. The van der Waals surface area contributed by atoms with Crippen molar-refractivity contribution in [3.8, 4) is 5.75 Å². The molecule has 0 fully saturated rings. The number of nitrogens with zero attached hydrogens (tertiary/aromatic N) is 2. The highest BCUT2D eigenvalue weighted by atomic mass is 16.5. The second kappa shape index (κ2) is 9.78. The smallest absolute Gasteiger partial charge is 0.315 e. The third-order valence-electron chi connectivity index (χ3n) is 4.93. The van der Waals surface area contributed by atoms with Crippen molar-refractivity contribution in [2.75, 3.05) is 7.11 Å². The van der Waals surface area contributed by atoms with Crippen LogP contribution < -0.4 is 15.4 Å². The highest BCUT2D eigenvalue weighted by molar-refractivity contribution is 5.75. The molecule has 0 aliphatic heterocycles. The number of methoxy groups -OCH3 is 1. The average molecular weight is 393 g/mol. The Morgan fingerprint density at radius 3 is 2.52 bits per heavy atom. The molecule has 0 aliphatic rings. The van der Waals surface area contributed by atoms with Crippen molar-refractivity contribution < 1.29 is 9.53 Å². The molecule has 0 spiro atoms. The third-order valence-corrected chi connectivity index (χ3v) is 4.93. The topological polar surface area (TPSA) is 68.2 Å². The van der Waals surface area contributed by atoms with Gasteiger partial charge in [0, 0.05) is 31.0 Å². The van der Waals surface area contributed by atoms with Crippen LogP contribution in [-0.2, 0) is 13.5 Å². The zero-order valence-electron chi connectivity index (χ0n) is 17.1. The first-order chi connectivity index (χ1) is 14.1. The predicted octanol–water partition coefficient (Wildman–Crippen LogP) is 3.84. The van der Waals surface area contributed by atoms with Crippen LogP contribution in [0.2, 0.25) is 0 Å². The number of rotatable bonds is 8. The predicted molar refractivity (Wildman–Crippen MR) is 114 cm³/mol. The molecule has 1 heterocycles. The van der Waals surface area contributed by atoms with Crippen molar-refractivity contribution in [2.45, 2.75) is 31.8 Å². The summed E-state index contributed by atoms with van der Waals surface area (Å²) in [6.45, 7) is 2.02. The molecule has 3 rings (SSSR count). The standard InChI is InChI=1S/C23H28N4O2/c1-17(13-14-18-9-5-4-6-10-18)25-23(28)26-21(22-24-15-16-27(22)2)19-11-7-8-12-20(19)29-3/h4-12,15-17,21H,13-14H2,1-3H3,(H2,25,26,28). The van der Waals surface area contributed by atoms with Crippen LogP contribution >= 0.6 is 0 Å². The van der Waals surface area contributed by atoms with E-state index in [1.54, 1.807) is 13.3 Å². The van der Waals surface area contributed by atoms with E-state index in [9.17, 15) is 4.79 Å². The van der Waals surface area contributed by atoms with E-state index in [1.807, 2.05) is 67.2 Å². The Labute approximate surface area is 171 Å². The van der Waals surface area contributed by atoms with Crippen LogP contribution in [0.1, 0.15) is 36.3 Å². The molecular weight excluding hydrogens is 364 g/mol. The number of nitrogens with one attached hydrogen (secondary N) is 2. The molecule has 152 valence electrons. The fourth-order valence-electron chi connectivity index (χ4n) is 3.34. The molecule has 3 aromatic rings. The summed E-state index contributed by atoms with van der Waals surface area (Å²) in [5.74, 6) is 1.44. The monoisotopic (exact) mass is 392 g/mol. The number of benzene rings is 2. The number of carbonyl (C=O) groups is 1. The van der Waals surface area contributed by atoms with E-state index in [4.69, 9.17) is 4.74 Å². The maximum Gasteiger partial charge on any atom is 0.315 e. The molecule has 0 aliphatic carbocycles. The maximum absolute atomic E-state index is 12.8. The van der Waals surface area contributed by atoms with Gasteiger partial charge in [0.2, 0.25) is 0 Å². The lowest BCUT2D eigenvalue weighted by Gasteiger charge is -2.23. The average Bonchev–Trinajstić information content (AvgIpc) is 3.17. The van der Waals surface area contributed by atoms with Crippen molar-refractivity contribution >= 4 is 6.03 Å². The molecule has 0 bridgehead atoms. The minimum Gasteiger partial charge on any atom is -0.496 e. The lowest BCUT2D eigenvalue weighted by atomic mass is 10.0. The minimum absolute atomic E-state index is 0.0369. The number of ether oxygens (including phenoxy) is 1. The van der Waals surface area contributed by atoms with Crippen LogP contribution in [0, 0.1) is 0 Å². The number of amides is 2. The van der Waals surface area contributed by atoms with Gasteiger partial charge in [0.25, 0.3) is 0 Å². The van der Waals surface area contributed by atoms with Crippen LogP contribution in [0.5, 0.6) is 5.75 Å². The van der Waals surface area contributed by atoms with Gasteiger partial charge in [-0.2, -0.15) is 0 Å². The Morgan fingerprint density at radius 2 is 1.83 bits per heavy atom. The summed E-state index contributed by atoms with van der Waals surface area (Å²) in [6, 6.07) is 17.3. The van der Waals surface area contributed by atoms with E-state index >= 15 is 0 Å². The quantitative estimate of drug-likeness (QED) is 0.612. The number of hydrogen-bond donors (Lipinski definition) is 2. The Balaban J connectivity index is 1.69. The van der Waals surface area contributed by atoms with Gasteiger partial charge in [-0.25, -0.2) is 9.78 Å². The molecule has 0 saturated carbocycles. The van der Waals surface area contributed by atoms with Crippen LogP contribution in [-0.4, -0.2) is 28.7 Å². The first-order valence-electron chi connectivity index (χ1n) is 9.79. The fraction of sp³-hybridized carbons (Fsp3) is 0.304. The van der Waals surface area contributed by atoms with E-state index in [-0.39, 0.29) is 12.1 Å². The van der Waals surface area contributed by atoms with Crippen molar-refractivity contribution in [2.24, 2.45) is 7.05 Å². The number of carbonyl (C=O) groups excluding carboxylic acids is 1. The zero-order valence-corrected chi connectivity index (χ0v) is 17.1. The molecule has 2 N–H and O–H groups in total. The SMILES string of the molecule is COc1ccccc1C(NC(=O)NC(C)CCc1ccccc1)c1nccn1C. The number of para-hydroxylation sites is 1. The Hall–Kier alpha value is -3.28. The molecule has 0 radical (unpaired) electrons. The molecule has 6 nitrogen and oxygen atoms in total. The molecule has 2 unspecified atom stereocenters. The summed E-state index contributed by atoms with van der Waals surface area (Å²) >= 11 is 0. The lowest BCUT2D eigenvalue weighted by molar-refractivity contribution is 0.234. The molecule has 6 heteroatoms. The molecule has 2 atom stereocenters. The van der Waals surface area contributed by atoms with Crippen molar-refractivity contribution in [3.05, 3.63) is 83.9 Å². The van der Waals surface area contributed by atoms with E-state index in [0.717, 1.165) is 24.2 Å².